The molecular weight excluding hydrogens is 264 g/mol. The number of nitrogens with zero attached hydrogens (tertiary/aromatic N) is 3. The predicted octanol–water partition coefficient (Wildman–Crippen LogP) is 0.633. The van der Waals surface area contributed by atoms with Crippen molar-refractivity contribution in [2.75, 3.05) is 0 Å². The molecule has 0 spiro atoms. The zero-order valence-electron chi connectivity index (χ0n) is 10.4. The van der Waals surface area contributed by atoms with Crippen molar-refractivity contribution < 1.29 is 8.42 Å². The maximum absolute atomic E-state index is 11.5. The van der Waals surface area contributed by atoms with Crippen LogP contribution in [0.1, 0.15) is 29.8 Å². The van der Waals surface area contributed by atoms with Crippen molar-refractivity contribution in [1.82, 2.24) is 14.8 Å². The second kappa shape index (κ2) is 4.14. The molecule has 100 valence electrons. The van der Waals surface area contributed by atoms with E-state index in [1.54, 1.807) is 4.57 Å². The lowest BCUT2D eigenvalue weighted by Crippen LogP contribution is -2.24. The molecule has 0 amide bonds. The lowest BCUT2D eigenvalue weighted by Gasteiger charge is -2.29. The number of hydrogen-bond acceptors (Lipinski definition) is 4. The van der Waals surface area contributed by atoms with Crippen molar-refractivity contribution in [2.24, 2.45) is 5.14 Å². The minimum Gasteiger partial charge on any atom is -0.300 e. The number of primary sulfonamides is 1. The minimum absolute atomic E-state index is 0.110. The fourth-order valence-corrected chi connectivity index (χ4v) is 3.24. The third kappa shape index (κ3) is 1.85. The van der Waals surface area contributed by atoms with Gasteiger partial charge in [0.25, 0.3) is 15.2 Å². The number of nitrogens with two attached hydrogens (primary N) is 1. The topological polar surface area (TPSA) is 90.9 Å². The van der Waals surface area contributed by atoms with Crippen LogP contribution in [0.2, 0.25) is 0 Å². The van der Waals surface area contributed by atoms with Gasteiger partial charge in [0.15, 0.2) is 0 Å². The molecule has 3 rings (SSSR count). The number of fused-ring (bicyclic) bond motifs is 1. The van der Waals surface area contributed by atoms with E-state index in [0.717, 1.165) is 6.42 Å². The number of aromatic nitrogens is 3. The summed E-state index contributed by atoms with van der Waals surface area (Å²) in [6, 6.07) is 8.07. The van der Waals surface area contributed by atoms with Crippen LogP contribution in [-0.4, -0.2) is 23.2 Å². The summed E-state index contributed by atoms with van der Waals surface area (Å²) >= 11 is 0. The van der Waals surface area contributed by atoms with Crippen LogP contribution in [-0.2, 0) is 23.0 Å². The van der Waals surface area contributed by atoms with E-state index in [2.05, 4.69) is 16.3 Å². The fraction of sp³-hybridized carbons (Fsp3) is 0.333. The summed E-state index contributed by atoms with van der Waals surface area (Å²) in [6.07, 6.45) is 0.860. The Morgan fingerprint density at radius 2 is 2.11 bits per heavy atom. The summed E-state index contributed by atoms with van der Waals surface area (Å²) in [7, 11) is -3.83. The Kier molecular flexibility index (Phi) is 2.68. The van der Waals surface area contributed by atoms with Crippen molar-refractivity contribution in [3.63, 3.8) is 0 Å². The van der Waals surface area contributed by atoms with Crippen LogP contribution >= 0.6 is 0 Å². The molecule has 0 saturated heterocycles. The Morgan fingerprint density at radius 3 is 2.74 bits per heavy atom. The van der Waals surface area contributed by atoms with Crippen molar-refractivity contribution in [3.05, 3.63) is 41.2 Å². The van der Waals surface area contributed by atoms with Crippen LogP contribution in [0.4, 0.5) is 0 Å². The van der Waals surface area contributed by atoms with Gasteiger partial charge in [-0.2, -0.15) is 0 Å². The fourth-order valence-electron chi connectivity index (χ4n) is 2.55. The molecule has 0 bridgehead atoms. The molecule has 1 aromatic carbocycles. The molecule has 1 atom stereocenters. The Labute approximate surface area is 111 Å². The normalized spacial score (nSPS) is 17.9. The van der Waals surface area contributed by atoms with Gasteiger partial charge in [-0.1, -0.05) is 24.3 Å². The quantitative estimate of drug-likeness (QED) is 0.891. The van der Waals surface area contributed by atoms with Crippen LogP contribution in [0, 0.1) is 0 Å². The van der Waals surface area contributed by atoms with E-state index in [0.29, 0.717) is 12.4 Å². The van der Waals surface area contributed by atoms with Gasteiger partial charge < -0.3 is 4.57 Å². The standard InChI is InChI=1S/C12H14N4O2S/c1-2-16-11(14-15-12(16)19(13,17)18)10-7-8-5-3-4-6-9(8)10/h3-6,10H,2,7H2,1H3,(H2,13,17,18). The number of sulfonamides is 1. The monoisotopic (exact) mass is 278 g/mol. The van der Waals surface area contributed by atoms with Crippen LogP contribution in [0.5, 0.6) is 0 Å². The van der Waals surface area contributed by atoms with Crippen LogP contribution in [0.3, 0.4) is 0 Å². The molecule has 0 fully saturated rings. The largest absolute Gasteiger partial charge is 0.300 e. The van der Waals surface area contributed by atoms with Gasteiger partial charge in [-0.15, -0.1) is 10.2 Å². The van der Waals surface area contributed by atoms with Crippen molar-refractivity contribution in [2.45, 2.75) is 31.0 Å². The van der Waals surface area contributed by atoms with E-state index in [4.69, 9.17) is 5.14 Å². The first-order valence-electron chi connectivity index (χ1n) is 6.06. The second-order valence-electron chi connectivity index (χ2n) is 4.59. The zero-order chi connectivity index (χ0) is 13.6. The molecule has 1 aliphatic carbocycles. The summed E-state index contributed by atoms with van der Waals surface area (Å²) in [5.41, 5.74) is 2.46. The van der Waals surface area contributed by atoms with Gasteiger partial charge in [-0.05, 0) is 24.5 Å². The molecular formula is C12H14N4O2S. The van der Waals surface area contributed by atoms with Gasteiger partial charge in [0, 0.05) is 12.5 Å². The van der Waals surface area contributed by atoms with E-state index in [1.165, 1.54) is 11.1 Å². The number of benzene rings is 1. The van der Waals surface area contributed by atoms with Gasteiger partial charge in [-0.3, -0.25) is 0 Å². The third-order valence-corrected chi connectivity index (χ3v) is 4.29. The summed E-state index contributed by atoms with van der Waals surface area (Å²) in [5, 5.41) is 12.8. The average molecular weight is 278 g/mol. The first-order chi connectivity index (χ1) is 9.02. The second-order valence-corrected chi connectivity index (χ2v) is 6.04. The number of hydrogen-bond donors (Lipinski definition) is 1. The highest BCUT2D eigenvalue weighted by molar-refractivity contribution is 7.89. The molecule has 1 aliphatic rings. The minimum atomic E-state index is -3.83. The van der Waals surface area contributed by atoms with Gasteiger partial charge in [0.2, 0.25) is 0 Å². The molecule has 2 aromatic rings. The highest BCUT2D eigenvalue weighted by Crippen LogP contribution is 2.39. The molecule has 6 nitrogen and oxygen atoms in total. The van der Waals surface area contributed by atoms with E-state index in [1.807, 2.05) is 25.1 Å². The average Bonchev–Trinajstić information content (AvgIpc) is 2.74. The summed E-state index contributed by atoms with van der Waals surface area (Å²) in [4.78, 5) is 0. The Bertz CT molecular complexity index is 736. The Balaban J connectivity index is 2.07. The lowest BCUT2D eigenvalue weighted by atomic mass is 9.77. The zero-order valence-corrected chi connectivity index (χ0v) is 11.3. The van der Waals surface area contributed by atoms with E-state index >= 15 is 0 Å². The van der Waals surface area contributed by atoms with Gasteiger partial charge >= 0.3 is 0 Å². The molecule has 0 radical (unpaired) electrons. The van der Waals surface area contributed by atoms with Gasteiger partial charge in [-0.25, -0.2) is 13.6 Å². The van der Waals surface area contributed by atoms with Gasteiger partial charge in [0.1, 0.15) is 5.82 Å². The molecule has 1 heterocycles. The summed E-state index contributed by atoms with van der Waals surface area (Å²) in [5.74, 6) is 0.782. The first-order valence-corrected chi connectivity index (χ1v) is 7.60. The van der Waals surface area contributed by atoms with Gasteiger partial charge in [0.05, 0.1) is 0 Å². The van der Waals surface area contributed by atoms with Crippen LogP contribution in [0.15, 0.2) is 29.4 Å². The van der Waals surface area contributed by atoms with E-state index < -0.39 is 10.0 Å². The lowest BCUT2D eigenvalue weighted by molar-refractivity contribution is 0.547. The molecule has 19 heavy (non-hydrogen) atoms. The SMILES string of the molecule is CCn1c(C2Cc3ccccc32)nnc1S(N)(=O)=O. The molecule has 0 aliphatic heterocycles. The Morgan fingerprint density at radius 1 is 1.37 bits per heavy atom. The molecule has 1 unspecified atom stereocenters. The first kappa shape index (κ1) is 12.3. The van der Waals surface area contributed by atoms with Crippen molar-refractivity contribution in [3.8, 4) is 0 Å². The third-order valence-electron chi connectivity index (χ3n) is 3.48. The maximum atomic E-state index is 11.5. The van der Waals surface area contributed by atoms with Crippen LogP contribution in [0.25, 0.3) is 0 Å². The van der Waals surface area contributed by atoms with Crippen LogP contribution < -0.4 is 5.14 Å². The smallest absolute Gasteiger partial charge is 0.273 e. The number of rotatable bonds is 3. The van der Waals surface area contributed by atoms with E-state index in [-0.39, 0.29) is 11.1 Å². The molecule has 0 saturated carbocycles. The molecule has 2 N–H and O–H groups in total. The van der Waals surface area contributed by atoms with Crippen molar-refractivity contribution >= 4 is 10.0 Å². The summed E-state index contributed by atoms with van der Waals surface area (Å²) in [6.45, 7) is 2.33. The van der Waals surface area contributed by atoms with Crippen molar-refractivity contribution in [1.29, 1.82) is 0 Å². The summed E-state index contributed by atoms with van der Waals surface area (Å²) < 4.78 is 24.5. The maximum Gasteiger partial charge on any atom is 0.273 e. The highest BCUT2D eigenvalue weighted by Gasteiger charge is 2.33. The highest BCUT2D eigenvalue weighted by atomic mass is 32.2. The Hall–Kier alpha value is -1.73. The predicted molar refractivity (Wildman–Crippen MR) is 69.1 cm³/mol. The van der Waals surface area contributed by atoms with E-state index in [9.17, 15) is 8.42 Å². The molecule has 1 aromatic heterocycles. The molecule has 7 heteroatoms.